The Balaban J connectivity index is 1.67. The number of benzene rings is 1. The summed E-state index contributed by atoms with van der Waals surface area (Å²) in [5, 5.41) is 6.08. The fraction of sp³-hybridized carbons (Fsp3) is 0.286. The normalized spacial score (nSPS) is 18.4. The first-order chi connectivity index (χ1) is 9.33. The molecule has 0 bridgehead atoms. The van der Waals surface area contributed by atoms with Crippen LogP contribution in [0.3, 0.4) is 0 Å². The van der Waals surface area contributed by atoms with E-state index in [0.717, 1.165) is 30.6 Å². The molecule has 1 aliphatic rings. The molecule has 2 aromatic rings. The van der Waals surface area contributed by atoms with Gasteiger partial charge in [0.1, 0.15) is 6.26 Å². The van der Waals surface area contributed by atoms with E-state index < -0.39 is 0 Å². The molecule has 1 atom stereocenters. The Hall–Kier alpha value is -2.14. The lowest BCUT2D eigenvalue weighted by molar-refractivity contribution is -0.117. The minimum Gasteiger partial charge on any atom is -0.445 e. The third kappa shape index (κ3) is 2.66. The summed E-state index contributed by atoms with van der Waals surface area (Å²) in [6, 6.07) is 7.40. The van der Waals surface area contributed by atoms with Gasteiger partial charge in [-0.05, 0) is 43.7 Å². The highest BCUT2D eigenvalue weighted by Crippen LogP contribution is 2.19. The van der Waals surface area contributed by atoms with E-state index in [1.807, 2.05) is 24.3 Å². The smallest absolute Gasteiger partial charge is 0.241 e. The zero-order chi connectivity index (χ0) is 13.1. The van der Waals surface area contributed by atoms with Crippen LogP contribution in [-0.4, -0.2) is 23.5 Å². The van der Waals surface area contributed by atoms with Crippen molar-refractivity contribution in [1.82, 2.24) is 10.3 Å². The van der Waals surface area contributed by atoms with E-state index in [0.29, 0.717) is 5.89 Å². The van der Waals surface area contributed by atoms with Gasteiger partial charge in [0.25, 0.3) is 0 Å². The Morgan fingerprint density at radius 2 is 2.21 bits per heavy atom. The van der Waals surface area contributed by atoms with Crippen LogP contribution in [0.4, 0.5) is 5.69 Å². The van der Waals surface area contributed by atoms with Crippen molar-refractivity contribution in [3.8, 4) is 11.5 Å². The van der Waals surface area contributed by atoms with Crippen LogP contribution in [0.5, 0.6) is 0 Å². The van der Waals surface area contributed by atoms with Crippen LogP contribution in [0.25, 0.3) is 11.5 Å². The van der Waals surface area contributed by atoms with Crippen LogP contribution in [0, 0.1) is 0 Å². The largest absolute Gasteiger partial charge is 0.445 e. The lowest BCUT2D eigenvalue weighted by Crippen LogP contribution is -2.35. The van der Waals surface area contributed by atoms with Crippen molar-refractivity contribution in [3.63, 3.8) is 0 Å². The zero-order valence-corrected chi connectivity index (χ0v) is 10.4. The van der Waals surface area contributed by atoms with Gasteiger partial charge in [-0.25, -0.2) is 4.98 Å². The van der Waals surface area contributed by atoms with Crippen molar-refractivity contribution in [2.75, 3.05) is 11.9 Å². The second-order valence-electron chi connectivity index (χ2n) is 4.55. The van der Waals surface area contributed by atoms with Crippen LogP contribution in [0.15, 0.2) is 41.1 Å². The first kappa shape index (κ1) is 11.9. The molecule has 0 unspecified atom stereocenters. The minimum atomic E-state index is -0.0635. The first-order valence-electron chi connectivity index (χ1n) is 6.37. The number of nitrogens with zero attached hydrogens (tertiary/aromatic N) is 1. The van der Waals surface area contributed by atoms with Gasteiger partial charge < -0.3 is 15.1 Å². The Labute approximate surface area is 111 Å². The molecule has 0 spiro atoms. The van der Waals surface area contributed by atoms with E-state index in [1.54, 1.807) is 6.20 Å². The van der Waals surface area contributed by atoms with E-state index in [2.05, 4.69) is 15.6 Å². The fourth-order valence-corrected chi connectivity index (χ4v) is 2.20. The fourth-order valence-electron chi connectivity index (χ4n) is 2.20. The monoisotopic (exact) mass is 257 g/mol. The number of anilines is 1. The van der Waals surface area contributed by atoms with E-state index in [1.165, 1.54) is 6.26 Å². The summed E-state index contributed by atoms with van der Waals surface area (Å²) in [5.41, 5.74) is 1.68. The van der Waals surface area contributed by atoms with Crippen molar-refractivity contribution in [3.05, 3.63) is 36.7 Å². The molecule has 1 aromatic carbocycles. The summed E-state index contributed by atoms with van der Waals surface area (Å²) in [7, 11) is 0. The first-order valence-corrected chi connectivity index (χ1v) is 6.37. The number of aromatic nitrogens is 1. The average Bonchev–Trinajstić information content (AvgIpc) is 3.13. The van der Waals surface area contributed by atoms with Crippen LogP contribution < -0.4 is 10.6 Å². The summed E-state index contributed by atoms with van der Waals surface area (Å²) in [6.07, 6.45) is 5.11. The van der Waals surface area contributed by atoms with E-state index in [-0.39, 0.29) is 11.9 Å². The van der Waals surface area contributed by atoms with Gasteiger partial charge in [0.2, 0.25) is 11.8 Å². The van der Waals surface area contributed by atoms with Crippen molar-refractivity contribution in [2.24, 2.45) is 0 Å². The minimum absolute atomic E-state index is 0.0290. The highest BCUT2D eigenvalue weighted by atomic mass is 16.3. The Kier molecular flexibility index (Phi) is 3.29. The van der Waals surface area contributed by atoms with Crippen LogP contribution in [0.2, 0.25) is 0 Å². The van der Waals surface area contributed by atoms with Crippen molar-refractivity contribution in [2.45, 2.75) is 18.9 Å². The standard InChI is InChI=1S/C14H15N3O2/c18-13(12-2-1-7-15-12)17-11-5-3-10(4-6-11)14-16-8-9-19-14/h3-6,8-9,12,15H,1-2,7H2,(H,17,18)/t12-/m0/s1. The van der Waals surface area contributed by atoms with Crippen LogP contribution in [0.1, 0.15) is 12.8 Å². The Morgan fingerprint density at radius 3 is 2.84 bits per heavy atom. The molecule has 2 N–H and O–H groups in total. The van der Waals surface area contributed by atoms with Crippen LogP contribution >= 0.6 is 0 Å². The SMILES string of the molecule is O=C(Nc1ccc(-c2ncco2)cc1)[C@@H]1CCCN1. The molecule has 2 heterocycles. The molecule has 3 rings (SSSR count). The summed E-state index contributed by atoms with van der Waals surface area (Å²) in [4.78, 5) is 16.0. The number of hydrogen-bond donors (Lipinski definition) is 2. The van der Waals surface area contributed by atoms with Gasteiger partial charge in [-0.15, -0.1) is 0 Å². The van der Waals surface area contributed by atoms with Gasteiger partial charge in [0.05, 0.1) is 12.2 Å². The molecule has 98 valence electrons. The van der Waals surface area contributed by atoms with Gasteiger partial charge in [-0.2, -0.15) is 0 Å². The number of oxazole rings is 1. The molecule has 5 nitrogen and oxygen atoms in total. The molecule has 0 aliphatic carbocycles. The summed E-state index contributed by atoms with van der Waals surface area (Å²) in [6.45, 7) is 0.918. The number of rotatable bonds is 3. The second kappa shape index (κ2) is 5.24. The topological polar surface area (TPSA) is 67.2 Å². The molecule has 5 heteroatoms. The third-order valence-electron chi connectivity index (χ3n) is 3.21. The predicted molar refractivity (Wildman–Crippen MR) is 71.6 cm³/mol. The van der Waals surface area contributed by atoms with Gasteiger partial charge in [-0.3, -0.25) is 4.79 Å². The maximum Gasteiger partial charge on any atom is 0.241 e. The number of amides is 1. The Morgan fingerprint density at radius 1 is 1.37 bits per heavy atom. The molecule has 0 saturated carbocycles. The molecule has 1 amide bonds. The van der Waals surface area contributed by atoms with Gasteiger partial charge in [0, 0.05) is 11.3 Å². The maximum atomic E-state index is 11.9. The molecule has 1 fully saturated rings. The maximum absolute atomic E-state index is 11.9. The van der Waals surface area contributed by atoms with Crippen LogP contribution in [-0.2, 0) is 4.79 Å². The van der Waals surface area contributed by atoms with Crippen molar-refractivity contribution < 1.29 is 9.21 Å². The summed E-state index contributed by atoms with van der Waals surface area (Å²) < 4.78 is 5.21. The average molecular weight is 257 g/mol. The molecule has 1 saturated heterocycles. The van der Waals surface area contributed by atoms with Gasteiger partial charge in [-0.1, -0.05) is 0 Å². The van der Waals surface area contributed by atoms with E-state index in [4.69, 9.17) is 4.42 Å². The molecular weight excluding hydrogens is 242 g/mol. The predicted octanol–water partition coefficient (Wildman–Crippen LogP) is 2.03. The van der Waals surface area contributed by atoms with E-state index >= 15 is 0 Å². The van der Waals surface area contributed by atoms with Gasteiger partial charge >= 0.3 is 0 Å². The molecular formula is C14H15N3O2. The van der Waals surface area contributed by atoms with Gasteiger partial charge in [0.15, 0.2) is 0 Å². The molecule has 1 aromatic heterocycles. The van der Waals surface area contributed by atoms with Crippen molar-refractivity contribution in [1.29, 1.82) is 0 Å². The highest BCUT2D eigenvalue weighted by molar-refractivity contribution is 5.95. The Bertz CT molecular complexity index is 543. The number of hydrogen-bond acceptors (Lipinski definition) is 4. The molecule has 0 radical (unpaired) electrons. The number of nitrogens with one attached hydrogen (secondary N) is 2. The number of carbonyl (C=O) groups excluding carboxylic acids is 1. The van der Waals surface area contributed by atoms with E-state index in [9.17, 15) is 4.79 Å². The second-order valence-corrected chi connectivity index (χ2v) is 4.55. The number of carbonyl (C=O) groups is 1. The highest BCUT2D eigenvalue weighted by Gasteiger charge is 2.21. The summed E-state index contributed by atoms with van der Waals surface area (Å²) in [5.74, 6) is 0.608. The van der Waals surface area contributed by atoms with Crippen molar-refractivity contribution >= 4 is 11.6 Å². The summed E-state index contributed by atoms with van der Waals surface area (Å²) >= 11 is 0. The third-order valence-corrected chi connectivity index (χ3v) is 3.21. The molecule has 1 aliphatic heterocycles. The molecule has 19 heavy (non-hydrogen) atoms. The lowest BCUT2D eigenvalue weighted by Gasteiger charge is -2.11. The zero-order valence-electron chi connectivity index (χ0n) is 10.4. The lowest BCUT2D eigenvalue weighted by atomic mass is 10.2. The quantitative estimate of drug-likeness (QED) is 0.883.